The number of likely N-dealkylation sites (N-methyl/N-ethyl adjacent to an activating group) is 1. The fourth-order valence-corrected chi connectivity index (χ4v) is 8.58. The largest absolute Gasteiger partial charge is 0.397 e. The van der Waals surface area contributed by atoms with Gasteiger partial charge in [-0.25, -0.2) is 9.59 Å². The normalized spacial score (nSPS) is 23.3. The van der Waals surface area contributed by atoms with Crippen molar-refractivity contribution in [3.05, 3.63) is 63.0 Å². The van der Waals surface area contributed by atoms with E-state index in [1.807, 2.05) is 29.2 Å². The van der Waals surface area contributed by atoms with Crippen LogP contribution in [0.1, 0.15) is 49.3 Å². The van der Waals surface area contributed by atoms with Gasteiger partial charge in [0.1, 0.15) is 6.04 Å². The molecule has 0 spiro atoms. The van der Waals surface area contributed by atoms with Crippen LogP contribution in [-0.4, -0.2) is 112 Å². The summed E-state index contributed by atoms with van der Waals surface area (Å²) in [6, 6.07) is 11.8. The third-order valence-corrected chi connectivity index (χ3v) is 11.2. The predicted octanol–water partition coefficient (Wildman–Crippen LogP) is 2.88. The van der Waals surface area contributed by atoms with Crippen molar-refractivity contribution in [2.75, 3.05) is 52.0 Å². The average Bonchev–Trinajstić information content (AvgIpc) is 3.77. The predicted molar refractivity (Wildman–Crippen MR) is 183 cm³/mol. The number of para-hydroxylation sites is 2. The maximum absolute atomic E-state index is 14.1. The van der Waals surface area contributed by atoms with Gasteiger partial charge in [0.15, 0.2) is 0 Å². The van der Waals surface area contributed by atoms with Crippen molar-refractivity contribution in [2.45, 2.75) is 68.7 Å². The van der Waals surface area contributed by atoms with E-state index < -0.39 is 6.04 Å². The number of amides is 3. The topological polar surface area (TPSA) is 123 Å². The zero-order valence-corrected chi connectivity index (χ0v) is 27.6. The Balaban J connectivity index is 1.03. The zero-order valence-electron chi connectivity index (χ0n) is 26.8. The molecule has 5 heterocycles. The number of nitrogens with two attached hydrogens (primary N) is 1. The number of urea groups is 1. The summed E-state index contributed by atoms with van der Waals surface area (Å²) < 4.78 is 1.81. The Morgan fingerprint density at radius 2 is 1.72 bits per heavy atom. The van der Waals surface area contributed by atoms with E-state index in [1.165, 1.54) is 6.42 Å². The molecule has 0 aliphatic carbocycles. The van der Waals surface area contributed by atoms with Crippen LogP contribution in [0.2, 0.25) is 5.02 Å². The molecule has 7 rings (SSSR count). The number of anilines is 1. The van der Waals surface area contributed by atoms with Gasteiger partial charge in [-0.2, -0.15) is 0 Å². The Kier molecular flexibility index (Phi) is 8.68. The number of nitrogens with zero attached hydrogens (tertiary/aromatic N) is 5. The van der Waals surface area contributed by atoms with Crippen LogP contribution < -0.4 is 16.7 Å². The number of aromatic amines is 1. The molecule has 3 atom stereocenters. The third-order valence-electron chi connectivity index (χ3n) is 10.9. The summed E-state index contributed by atoms with van der Waals surface area (Å²) in [6.07, 6.45) is 10.3. The number of fused-ring (bicyclic) bond motifs is 3. The molecule has 2 bridgehead atoms. The van der Waals surface area contributed by atoms with Crippen molar-refractivity contribution in [3.63, 3.8) is 0 Å². The number of rotatable bonds is 6. The van der Waals surface area contributed by atoms with Crippen LogP contribution in [-0.2, 0) is 11.2 Å². The number of hydrogen-bond acceptors (Lipinski definition) is 6. The van der Waals surface area contributed by atoms with Crippen LogP contribution in [0.3, 0.4) is 0 Å². The number of nitrogens with one attached hydrogen (secondary N) is 2. The Hall–Kier alpha value is -3.98. The minimum atomic E-state index is -0.797. The van der Waals surface area contributed by atoms with Gasteiger partial charge in [-0.3, -0.25) is 14.3 Å². The fraction of sp³-hybridized carbons (Fsp3) is 0.514. The number of aromatic nitrogens is 2. The monoisotopic (exact) mass is 658 g/mol. The van der Waals surface area contributed by atoms with Gasteiger partial charge in [-0.05, 0) is 69.0 Å². The molecule has 3 aromatic rings. The second-order valence-electron chi connectivity index (χ2n) is 13.7. The number of likely N-dealkylation sites (tertiary alicyclic amines) is 4. The van der Waals surface area contributed by atoms with Crippen molar-refractivity contribution in [2.24, 2.45) is 0 Å². The molecule has 0 saturated carbocycles. The first-order valence-electron chi connectivity index (χ1n) is 16.7. The first-order chi connectivity index (χ1) is 22.7. The second kappa shape index (κ2) is 12.9. The van der Waals surface area contributed by atoms with Crippen molar-refractivity contribution >= 4 is 40.3 Å². The number of H-pyrrole nitrogens is 1. The molecule has 4 fully saturated rings. The molecule has 4 N–H and O–H groups in total. The van der Waals surface area contributed by atoms with Crippen molar-refractivity contribution in [1.82, 2.24) is 34.5 Å². The molecule has 2 aromatic carbocycles. The lowest BCUT2D eigenvalue weighted by Crippen LogP contribution is -2.57. The standard InChI is InChI=1S/C35H43ClN8O3/c1-3-23-16-22(17-28(36)32(23)37)18-30(33(45)41-12-8-24(9-13-41)43-21-26-19-27(43)20-40(26)2)39-34(46)42-14-10-25(11-15-42)44-31-7-5-4-6-29(31)38-35(44)47/h1,4-7,16-17,24-27,30H,8-15,18-21,37H2,2H3,(H,38,47)(H,39,46)/t26?,27?,30-/m1/s1. The molecule has 4 aliphatic heterocycles. The Morgan fingerprint density at radius 1 is 1.02 bits per heavy atom. The molecule has 4 aliphatic rings. The highest BCUT2D eigenvalue weighted by atomic mass is 35.5. The number of imidazole rings is 1. The summed E-state index contributed by atoms with van der Waals surface area (Å²) >= 11 is 6.41. The maximum atomic E-state index is 14.1. The van der Waals surface area contributed by atoms with E-state index >= 15 is 0 Å². The van der Waals surface area contributed by atoms with Crippen LogP contribution in [0.25, 0.3) is 11.0 Å². The van der Waals surface area contributed by atoms with Gasteiger partial charge in [-0.15, -0.1) is 6.42 Å². The summed E-state index contributed by atoms with van der Waals surface area (Å²) in [6.45, 7) is 4.48. The Labute approximate surface area is 280 Å². The molecular formula is C35H43ClN8O3. The summed E-state index contributed by atoms with van der Waals surface area (Å²) in [5.74, 6) is 2.47. The number of benzene rings is 2. The molecule has 3 amide bonds. The minimum absolute atomic E-state index is 0.0215. The van der Waals surface area contributed by atoms with Crippen LogP contribution in [0.15, 0.2) is 41.2 Å². The summed E-state index contributed by atoms with van der Waals surface area (Å²) in [7, 11) is 2.21. The van der Waals surface area contributed by atoms with Gasteiger partial charge in [0.05, 0.1) is 21.7 Å². The summed E-state index contributed by atoms with van der Waals surface area (Å²) in [5, 5.41) is 3.39. The smallest absolute Gasteiger partial charge is 0.326 e. The SMILES string of the molecule is C#Cc1cc(C[C@@H](NC(=O)N2CCC(n3c(=O)[nH]c4ccccc43)CC2)C(=O)N2CCC(N3CC4CC3CN4C)CC2)cc(Cl)c1N. The lowest BCUT2D eigenvalue weighted by molar-refractivity contribution is -0.135. The molecule has 47 heavy (non-hydrogen) atoms. The van der Waals surface area contributed by atoms with Gasteiger partial charge in [0.25, 0.3) is 0 Å². The molecule has 11 nitrogen and oxygen atoms in total. The van der Waals surface area contributed by atoms with Gasteiger partial charge in [0, 0.05) is 75.4 Å². The highest BCUT2D eigenvalue weighted by molar-refractivity contribution is 6.33. The summed E-state index contributed by atoms with van der Waals surface area (Å²) in [5.41, 5.74) is 9.13. The first kappa shape index (κ1) is 31.6. The third kappa shape index (κ3) is 6.10. The van der Waals surface area contributed by atoms with Crippen molar-refractivity contribution in [3.8, 4) is 12.3 Å². The van der Waals surface area contributed by atoms with Crippen molar-refractivity contribution in [1.29, 1.82) is 0 Å². The quantitative estimate of drug-likeness (QED) is 0.277. The number of piperazine rings is 1. The lowest BCUT2D eigenvalue weighted by atomic mass is 9.98. The Bertz CT molecular complexity index is 1760. The number of piperidine rings is 2. The molecule has 248 valence electrons. The number of nitrogen functional groups attached to an aromatic ring is 1. The number of hydrogen-bond donors (Lipinski definition) is 3. The maximum Gasteiger partial charge on any atom is 0.326 e. The van der Waals surface area contributed by atoms with E-state index in [2.05, 4.69) is 33.1 Å². The van der Waals surface area contributed by atoms with E-state index in [0.717, 1.165) is 42.5 Å². The first-order valence-corrected chi connectivity index (χ1v) is 17.1. The number of halogens is 1. The van der Waals surface area contributed by atoms with Crippen LogP contribution in [0.5, 0.6) is 0 Å². The van der Waals surface area contributed by atoms with Crippen LogP contribution in [0, 0.1) is 12.3 Å². The fourth-order valence-electron chi connectivity index (χ4n) is 8.33. The van der Waals surface area contributed by atoms with E-state index in [-0.39, 0.29) is 30.1 Å². The van der Waals surface area contributed by atoms with Crippen LogP contribution >= 0.6 is 11.6 Å². The van der Waals surface area contributed by atoms with E-state index in [1.54, 1.807) is 21.6 Å². The number of terminal acetylenes is 1. The van der Waals surface area contributed by atoms with Gasteiger partial charge in [-0.1, -0.05) is 29.7 Å². The molecule has 2 unspecified atom stereocenters. The summed E-state index contributed by atoms with van der Waals surface area (Å²) in [4.78, 5) is 52.3. The zero-order chi connectivity index (χ0) is 32.8. The molecular weight excluding hydrogens is 616 g/mol. The molecule has 1 aromatic heterocycles. The van der Waals surface area contributed by atoms with Gasteiger partial charge in [0.2, 0.25) is 5.91 Å². The van der Waals surface area contributed by atoms with Crippen LogP contribution in [0.4, 0.5) is 10.5 Å². The van der Waals surface area contributed by atoms with E-state index in [9.17, 15) is 14.4 Å². The number of carbonyl (C=O) groups is 2. The highest BCUT2D eigenvalue weighted by Crippen LogP contribution is 2.34. The van der Waals surface area contributed by atoms with E-state index in [0.29, 0.717) is 73.4 Å². The van der Waals surface area contributed by atoms with E-state index in [4.69, 9.17) is 23.8 Å². The lowest BCUT2D eigenvalue weighted by Gasteiger charge is -2.42. The Morgan fingerprint density at radius 3 is 2.40 bits per heavy atom. The van der Waals surface area contributed by atoms with Crippen molar-refractivity contribution < 1.29 is 9.59 Å². The molecule has 4 saturated heterocycles. The second-order valence-corrected chi connectivity index (χ2v) is 14.1. The highest BCUT2D eigenvalue weighted by Gasteiger charge is 2.45. The minimum Gasteiger partial charge on any atom is -0.397 e. The van der Waals surface area contributed by atoms with Gasteiger partial charge < -0.3 is 30.7 Å². The molecule has 12 heteroatoms. The number of carbonyl (C=O) groups excluding carboxylic acids is 2. The average molecular weight is 659 g/mol. The molecule has 0 radical (unpaired) electrons. The van der Waals surface area contributed by atoms with Gasteiger partial charge >= 0.3 is 11.7 Å².